The molecule has 2 heterocycles. The van der Waals surface area contributed by atoms with Crippen LogP contribution in [0.1, 0.15) is 35.5 Å². The van der Waals surface area contributed by atoms with E-state index < -0.39 is 6.04 Å². The summed E-state index contributed by atoms with van der Waals surface area (Å²) in [6.07, 6.45) is 0. The van der Waals surface area contributed by atoms with Gasteiger partial charge in [0.05, 0.1) is 12.2 Å². The van der Waals surface area contributed by atoms with E-state index in [2.05, 4.69) is 21.6 Å². The lowest BCUT2D eigenvalue weighted by Crippen LogP contribution is -2.38. The van der Waals surface area contributed by atoms with Crippen LogP contribution >= 0.6 is 0 Å². The van der Waals surface area contributed by atoms with Crippen molar-refractivity contribution in [1.82, 2.24) is 24.9 Å². The van der Waals surface area contributed by atoms with Crippen LogP contribution < -0.4 is 15.6 Å². The van der Waals surface area contributed by atoms with E-state index in [1.807, 2.05) is 45.9 Å². The lowest BCUT2D eigenvalue weighted by Gasteiger charge is -2.15. The minimum atomic E-state index is -0.768. The summed E-state index contributed by atoms with van der Waals surface area (Å²) in [4.78, 5) is 24.8. The smallest absolute Gasteiger partial charge is 0.267 e. The molecule has 2 aromatic heterocycles. The first-order valence-corrected chi connectivity index (χ1v) is 9.87. The predicted molar refractivity (Wildman–Crippen MR) is 114 cm³/mol. The number of hydrogen-bond acceptors (Lipinski definition) is 5. The van der Waals surface area contributed by atoms with Crippen LogP contribution in [0.4, 0.5) is 0 Å². The molecule has 0 aliphatic rings. The first-order valence-electron chi connectivity index (χ1n) is 9.87. The molecule has 3 aromatic rings. The number of aryl methyl sites for hydroxylation is 4. The molecule has 0 fully saturated rings. The quantitative estimate of drug-likeness (QED) is 0.605. The summed E-state index contributed by atoms with van der Waals surface area (Å²) in [7, 11) is 0. The van der Waals surface area contributed by atoms with E-state index in [0.29, 0.717) is 19.0 Å². The number of rotatable bonds is 7. The van der Waals surface area contributed by atoms with Gasteiger partial charge >= 0.3 is 0 Å². The molecule has 0 aliphatic carbocycles. The number of hydrogen-bond donors (Lipinski definition) is 1. The van der Waals surface area contributed by atoms with E-state index in [4.69, 9.17) is 4.74 Å². The minimum Gasteiger partial charge on any atom is -0.492 e. The van der Waals surface area contributed by atoms with Crippen LogP contribution in [0.15, 0.2) is 41.2 Å². The van der Waals surface area contributed by atoms with Gasteiger partial charge < -0.3 is 10.1 Å². The van der Waals surface area contributed by atoms with E-state index in [1.54, 1.807) is 17.7 Å². The molecule has 0 saturated heterocycles. The molecule has 1 amide bonds. The van der Waals surface area contributed by atoms with Crippen molar-refractivity contribution in [3.63, 3.8) is 0 Å². The fourth-order valence-corrected chi connectivity index (χ4v) is 3.28. The second kappa shape index (κ2) is 8.94. The Labute approximate surface area is 175 Å². The van der Waals surface area contributed by atoms with Gasteiger partial charge in [0.25, 0.3) is 5.56 Å². The third kappa shape index (κ3) is 4.94. The fourth-order valence-electron chi connectivity index (χ4n) is 3.28. The predicted octanol–water partition coefficient (Wildman–Crippen LogP) is 2.42. The van der Waals surface area contributed by atoms with E-state index >= 15 is 0 Å². The third-order valence-corrected chi connectivity index (χ3v) is 4.65. The Morgan fingerprint density at radius 2 is 1.77 bits per heavy atom. The number of aromatic nitrogens is 4. The molecule has 0 saturated carbocycles. The summed E-state index contributed by atoms with van der Waals surface area (Å²) >= 11 is 0. The van der Waals surface area contributed by atoms with Crippen molar-refractivity contribution in [1.29, 1.82) is 0 Å². The second-order valence-electron chi connectivity index (χ2n) is 7.45. The Balaban J connectivity index is 1.63. The van der Waals surface area contributed by atoms with Gasteiger partial charge in [0.15, 0.2) is 5.82 Å². The molecule has 0 spiro atoms. The van der Waals surface area contributed by atoms with E-state index in [0.717, 1.165) is 28.3 Å². The third-order valence-electron chi connectivity index (χ3n) is 4.65. The normalized spacial score (nSPS) is 11.9. The summed E-state index contributed by atoms with van der Waals surface area (Å²) in [6, 6.07) is 10.1. The lowest BCUT2D eigenvalue weighted by atomic mass is 10.1. The van der Waals surface area contributed by atoms with Gasteiger partial charge in [-0.2, -0.15) is 5.10 Å². The molecular weight excluding hydrogens is 382 g/mol. The number of nitrogens with one attached hydrogen (secondary N) is 1. The highest BCUT2D eigenvalue weighted by Gasteiger charge is 2.18. The molecule has 0 bridgehead atoms. The maximum Gasteiger partial charge on any atom is 0.267 e. The molecule has 1 unspecified atom stereocenters. The van der Waals surface area contributed by atoms with Crippen molar-refractivity contribution in [3.05, 3.63) is 69.3 Å². The maximum atomic E-state index is 12.5. The highest BCUT2D eigenvalue weighted by atomic mass is 16.5. The van der Waals surface area contributed by atoms with Gasteiger partial charge in [-0.15, -0.1) is 5.10 Å². The molecule has 8 heteroatoms. The number of carbonyl (C=O) groups is 1. The minimum absolute atomic E-state index is 0.306. The largest absolute Gasteiger partial charge is 0.492 e. The van der Waals surface area contributed by atoms with Crippen molar-refractivity contribution in [3.8, 4) is 11.6 Å². The Bertz CT molecular complexity index is 1100. The van der Waals surface area contributed by atoms with Crippen molar-refractivity contribution in [2.75, 3.05) is 13.2 Å². The molecule has 1 atom stereocenters. The van der Waals surface area contributed by atoms with Gasteiger partial charge in [-0.1, -0.05) is 6.07 Å². The van der Waals surface area contributed by atoms with Crippen molar-refractivity contribution in [2.45, 2.75) is 40.7 Å². The average molecular weight is 409 g/mol. The lowest BCUT2D eigenvalue weighted by molar-refractivity contribution is -0.124. The van der Waals surface area contributed by atoms with Crippen molar-refractivity contribution in [2.24, 2.45) is 0 Å². The Hall–Kier alpha value is -3.42. The zero-order valence-corrected chi connectivity index (χ0v) is 18.0. The zero-order valence-electron chi connectivity index (χ0n) is 18.0. The molecule has 30 heavy (non-hydrogen) atoms. The van der Waals surface area contributed by atoms with Gasteiger partial charge in [0.2, 0.25) is 5.91 Å². The summed E-state index contributed by atoms with van der Waals surface area (Å²) in [5.74, 6) is 0.947. The Morgan fingerprint density at radius 1 is 1.07 bits per heavy atom. The standard InChI is InChI=1S/C22H27N5O3/c1-14-10-15(2)12-19(11-14)30-9-8-23-22(29)18(5)27-21(28)7-6-20(25-27)26-17(4)13-16(3)24-26/h6-7,10-13,18H,8-9H2,1-5H3,(H,23,29). The number of ether oxygens (including phenoxy) is 1. The first-order chi connectivity index (χ1) is 14.2. The summed E-state index contributed by atoms with van der Waals surface area (Å²) < 4.78 is 8.53. The molecule has 0 aliphatic heterocycles. The van der Waals surface area contributed by atoms with E-state index in [-0.39, 0.29) is 11.5 Å². The summed E-state index contributed by atoms with van der Waals surface area (Å²) in [6.45, 7) is 10.1. The molecule has 0 radical (unpaired) electrons. The number of carbonyl (C=O) groups excluding carboxylic acids is 1. The van der Waals surface area contributed by atoms with Gasteiger partial charge in [0, 0.05) is 11.8 Å². The highest BCUT2D eigenvalue weighted by molar-refractivity contribution is 5.79. The topological polar surface area (TPSA) is 91.0 Å². The molecular formula is C22H27N5O3. The van der Waals surface area contributed by atoms with E-state index in [1.165, 1.54) is 10.7 Å². The van der Waals surface area contributed by atoms with Crippen LogP contribution in [-0.2, 0) is 4.79 Å². The van der Waals surface area contributed by atoms with Crippen LogP contribution in [0.5, 0.6) is 5.75 Å². The highest BCUT2D eigenvalue weighted by Crippen LogP contribution is 2.16. The van der Waals surface area contributed by atoms with Crippen LogP contribution in [0.2, 0.25) is 0 Å². The number of amides is 1. The van der Waals surface area contributed by atoms with Gasteiger partial charge in [0.1, 0.15) is 18.4 Å². The molecule has 8 nitrogen and oxygen atoms in total. The Morgan fingerprint density at radius 3 is 2.40 bits per heavy atom. The first kappa shape index (κ1) is 21.3. The van der Waals surface area contributed by atoms with Gasteiger partial charge in [-0.25, -0.2) is 9.36 Å². The van der Waals surface area contributed by atoms with Crippen molar-refractivity contribution < 1.29 is 9.53 Å². The van der Waals surface area contributed by atoms with Crippen LogP contribution in [-0.4, -0.2) is 38.6 Å². The second-order valence-corrected chi connectivity index (χ2v) is 7.45. The number of benzene rings is 1. The summed E-state index contributed by atoms with van der Waals surface area (Å²) in [5.41, 5.74) is 3.63. The van der Waals surface area contributed by atoms with Crippen LogP contribution in [0.3, 0.4) is 0 Å². The van der Waals surface area contributed by atoms with Gasteiger partial charge in [-0.3, -0.25) is 9.59 Å². The van der Waals surface area contributed by atoms with Crippen LogP contribution in [0.25, 0.3) is 5.82 Å². The molecule has 1 N–H and O–H groups in total. The molecule has 1 aromatic carbocycles. The van der Waals surface area contributed by atoms with Gasteiger partial charge in [-0.05, 0) is 70.0 Å². The average Bonchev–Trinajstić information content (AvgIpc) is 3.02. The summed E-state index contributed by atoms with van der Waals surface area (Å²) in [5, 5.41) is 11.5. The molecule has 158 valence electrons. The maximum absolute atomic E-state index is 12.5. The Kier molecular flexibility index (Phi) is 6.34. The zero-order chi connectivity index (χ0) is 21.8. The SMILES string of the molecule is Cc1cc(C)cc(OCCNC(=O)C(C)n2nc(-n3nc(C)cc3C)ccc2=O)c1. The fraction of sp³-hybridized carbons (Fsp3) is 0.364. The van der Waals surface area contributed by atoms with E-state index in [9.17, 15) is 9.59 Å². The van der Waals surface area contributed by atoms with Crippen LogP contribution in [0, 0.1) is 27.7 Å². The number of nitrogens with zero attached hydrogens (tertiary/aromatic N) is 4. The van der Waals surface area contributed by atoms with Crippen molar-refractivity contribution >= 4 is 5.91 Å². The monoisotopic (exact) mass is 409 g/mol. The molecule has 3 rings (SSSR count).